The van der Waals surface area contributed by atoms with Gasteiger partial charge in [-0.05, 0) is 51.1 Å². The molecule has 0 aliphatic heterocycles. The molecule has 0 unspecified atom stereocenters. The molecular formula is C19H21N5O2S. The monoisotopic (exact) mass is 383 g/mol. The average molecular weight is 383 g/mol. The Hall–Kier alpha value is -2.74. The molecule has 1 N–H and O–H groups in total. The summed E-state index contributed by atoms with van der Waals surface area (Å²) in [6, 6.07) is 6.94. The van der Waals surface area contributed by atoms with Crippen molar-refractivity contribution in [1.29, 1.82) is 0 Å². The van der Waals surface area contributed by atoms with Gasteiger partial charge in [-0.2, -0.15) is 4.98 Å². The van der Waals surface area contributed by atoms with E-state index in [4.69, 9.17) is 0 Å². The van der Waals surface area contributed by atoms with Crippen LogP contribution in [-0.2, 0) is 11.2 Å². The number of benzene rings is 1. The van der Waals surface area contributed by atoms with Gasteiger partial charge >= 0.3 is 0 Å². The molecule has 8 heteroatoms. The zero-order valence-electron chi connectivity index (χ0n) is 15.7. The predicted molar refractivity (Wildman–Crippen MR) is 105 cm³/mol. The van der Waals surface area contributed by atoms with E-state index in [-0.39, 0.29) is 11.7 Å². The molecule has 0 radical (unpaired) electrons. The van der Waals surface area contributed by atoms with Crippen LogP contribution < -0.4 is 5.32 Å². The molecule has 0 saturated carbocycles. The minimum absolute atomic E-state index is 0.0332. The van der Waals surface area contributed by atoms with Gasteiger partial charge in [-0.15, -0.1) is 5.10 Å². The van der Waals surface area contributed by atoms with Gasteiger partial charge in [-0.3, -0.25) is 9.59 Å². The normalized spacial score (nSPS) is 11.0. The van der Waals surface area contributed by atoms with E-state index in [1.165, 1.54) is 18.7 Å². The van der Waals surface area contributed by atoms with Crippen molar-refractivity contribution in [2.24, 2.45) is 0 Å². The smallest absolute Gasteiger partial charge is 0.253 e. The van der Waals surface area contributed by atoms with E-state index >= 15 is 0 Å². The summed E-state index contributed by atoms with van der Waals surface area (Å²) < 4.78 is 1.72. The Morgan fingerprint density at radius 2 is 2.00 bits per heavy atom. The molecule has 3 rings (SSSR count). The van der Waals surface area contributed by atoms with Crippen molar-refractivity contribution in [1.82, 2.24) is 19.6 Å². The third-order valence-electron chi connectivity index (χ3n) is 4.37. The van der Waals surface area contributed by atoms with Crippen molar-refractivity contribution < 1.29 is 9.59 Å². The van der Waals surface area contributed by atoms with Crippen LogP contribution in [0.25, 0.3) is 5.78 Å². The van der Waals surface area contributed by atoms with Gasteiger partial charge in [0.15, 0.2) is 5.78 Å². The molecule has 27 heavy (non-hydrogen) atoms. The molecule has 2 aromatic heterocycles. The van der Waals surface area contributed by atoms with E-state index < -0.39 is 0 Å². The lowest BCUT2D eigenvalue weighted by Gasteiger charge is -2.11. The Morgan fingerprint density at radius 1 is 1.22 bits per heavy atom. The summed E-state index contributed by atoms with van der Waals surface area (Å²) in [7, 11) is 0. The van der Waals surface area contributed by atoms with E-state index in [1.807, 2.05) is 20.1 Å². The topological polar surface area (TPSA) is 89.2 Å². The summed E-state index contributed by atoms with van der Waals surface area (Å²) in [4.78, 5) is 32.7. The number of ketones is 1. The molecule has 0 fully saturated rings. The van der Waals surface area contributed by atoms with Crippen LogP contribution in [0.3, 0.4) is 0 Å². The second-order valence-corrected chi connectivity index (χ2v) is 7.03. The molecule has 0 aliphatic rings. The largest absolute Gasteiger partial charge is 0.326 e. The number of fused-ring (bicyclic) bond motifs is 1. The van der Waals surface area contributed by atoms with Gasteiger partial charge < -0.3 is 5.32 Å². The highest BCUT2D eigenvalue weighted by Crippen LogP contribution is 2.18. The first-order valence-corrected chi connectivity index (χ1v) is 9.79. The van der Waals surface area contributed by atoms with Crippen LogP contribution in [0.1, 0.15) is 40.7 Å². The van der Waals surface area contributed by atoms with E-state index in [2.05, 4.69) is 20.4 Å². The van der Waals surface area contributed by atoms with Crippen molar-refractivity contribution in [3.63, 3.8) is 0 Å². The SMILES string of the molecule is CSc1nc2nc(C)c(CCC(=O)Nc3cccc(C(C)=O)c3)c(C)n2n1. The summed E-state index contributed by atoms with van der Waals surface area (Å²) in [6.45, 7) is 5.39. The Labute approximate surface area is 161 Å². The number of anilines is 1. The number of amides is 1. The second-order valence-electron chi connectivity index (χ2n) is 6.26. The number of Topliss-reactive ketones (excluding diaryl/α,β-unsaturated/α-hetero) is 1. The maximum atomic E-state index is 12.3. The molecule has 0 aliphatic carbocycles. The summed E-state index contributed by atoms with van der Waals surface area (Å²) in [5.74, 6) is 0.427. The average Bonchev–Trinajstić information content (AvgIpc) is 3.05. The van der Waals surface area contributed by atoms with Gasteiger partial charge in [0, 0.05) is 29.1 Å². The highest BCUT2D eigenvalue weighted by molar-refractivity contribution is 7.98. The van der Waals surface area contributed by atoms with E-state index in [1.54, 1.807) is 28.8 Å². The molecule has 140 valence electrons. The Bertz CT molecular complexity index is 1030. The van der Waals surface area contributed by atoms with Crippen molar-refractivity contribution in [3.8, 4) is 0 Å². The number of nitrogens with one attached hydrogen (secondary N) is 1. The van der Waals surface area contributed by atoms with Gasteiger partial charge in [-0.25, -0.2) is 9.50 Å². The van der Waals surface area contributed by atoms with Crippen LogP contribution in [0, 0.1) is 13.8 Å². The lowest BCUT2D eigenvalue weighted by atomic mass is 10.1. The fraction of sp³-hybridized carbons (Fsp3) is 0.316. The van der Waals surface area contributed by atoms with Crippen molar-refractivity contribution in [2.45, 2.75) is 38.8 Å². The van der Waals surface area contributed by atoms with E-state index in [0.29, 0.717) is 35.0 Å². The third-order valence-corrected chi connectivity index (χ3v) is 4.91. The highest BCUT2D eigenvalue weighted by Gasteiger charge is 2.14. The van der Waals surface area contributed by atoms with E-state index in [9.17, 15) is 9.59 Å². The van der Waals surface area contributed by atoms with Crippen LogP contribution in [0.5, 0.6) is 0 Å². The third kappa shape index (κ3) is 4.16. The number of hydrogen-bond acceptors (Lipinski definition) is 6. The molecule has 0 spiro atoms. The summed E-state index contributed by atoms with van der Waals surface area (Å²) >= 11 is 1.47. The maximum absolute atomic E-state index is 12.3. The Morgan fingerprint density at radius 3 is 2.70 bits per heavy atom. The second kappa shape index (κ2) is 7.87. The zero-order valence-corrected chi connectivity index (χ0v) is 16.6. The van der Waals surface area contributed by atoms with Crippen LogP contribution in [0.2, 0.25) is 0 Å². The fourth-order valence-electron chi connectivity index (χ4n) is 2.92. The maximum Gasteiger partial charge on any atom is 0.253 e. The fourth-order valence-corrected chi connectivity index (χ4v) is 3.25. The molecule has 1 aromatic carbocycles. The number of carbonyl (C=O) groups is 2. The van der Waals surface area contributed by atoms with Crippen molar-refractivity contribution >= 4 is 34.9 Å². The zero-order chi connectivity index (χ0) is 19.6. The lowest BCUT2D eigenvalue weighted by molar-refractivity contribution is -0.116. The predicted octanol–water partition coefficient (Wildman–Crippen LogP) is 3.24. The number of aromatic nitrogens is 4. The van der Waals surface area contributed by atoms with Gasteiger partial charge in [0.1, 0.15) is 0 Å². The molecule has 3 aromatic rings. The lowest BCUT2D eigenvalue weighted by Crippen LogP contribution is -2.14. The summed E-state index contributed by atoms with van der Waals surface area (Å²) in [5.41, 5.74) is 3.98. The minimum atomic E-state index is -0.113. The first-order chi connectivity index (χ1) is 12.9. The standard InChI is InChI=1S/C19H21N5O2S/c1-11-16(12(2)24-18(20-11)22-19(23-24)27-4)8-9-17(26)21-15-7-5-6-14(10-15)13(3)25/h5-7,10H,8-9H2,1-4H3,(H,21,26). The van der Waals surface area contributed by atoms with Gasteiger partial charge in [0.25, 0.3) is 5.78 Å². The molecule has 0 atom stereocenters. The van der Waals surface area contributed by atoms with Gasteiger partial charge in [0.05, 0.1) is 0 Å². The van der Waals surface area contributed by atoms with E-state index in [0.717, 1.165) is 17.0 Å². The van der Waals surface area contributed by atoms with Gasteiger partial charge in [-0.1, -0.05) is 23.9 Å². The molecular weight excluding hydrogens is 362 g/mol. The summed E-state index contributed by atoms with van der Waals surface area (Å²) in [6.07, 6.45) is 2.78. The number of carbonyl (C=O) groups excluding carboxylic acids is 2. The number of hydrogen-bond donors (Lipinski definition) is 1. The van der Waals surface area contributed by atoms with Crippen LogP contribution in [0.15, 0.2) is 29.4 Å². The number of thioether (sulfide) groups is 1. The highest BCUT2D eigenvalue weighted by atomic mass is 32.2. The molecule has 0 bridgehead atoms. The number of aryl methyl sites for hydroxylation is 2. The van der Waals surface area contributed by atoms with Crippen molar-refractivity contribution in [2.75, 3.05) is 11.6 Å². The quantitative estimate of drug-likeness (QED) is 0.519. The molecule has 1 amide bonds. The number of nitrogens with zero attached hydrogens (tertiary/aromatic N) is 4. The number of rotatable bonds is 6. The molecule has 7 nitrogen and oxygen atoms in total. The molecule has 2 heterocycles. The molecule has 0 saturated heterocycles. The van der Waals surface area contributed by atoms with Crippen molar-refractivity contribution in [3.05, 3.63) is 46.8 Å². The Kier molecular flexibility index (Phi) is 5.55. The van der Waals surface area contributed by atoms with Crippen LogP contribution in [-0.4, -0.2) is 37.5 Å². The van der Waals surface area contributed by atoms with Crippen LogP contribution in [0.4, 0.5) is 5.69 Å². The first-order valence-electron chi connectivity index (χ1n) is 8.56. The van der Waals surface area contributed by atoms with Gasteiger partial charge in [0.2, 0.25) is 11.1 Å². The minimum Gasteiger partial charge on any atom is -0.326 e. The van der Waals surface area contributed by atoms with Crippen LogP contribution >= 0.6 is 11.8 Å². The summed E-state index contributed by atoms with van der Waals surface area (Å²) in [5, 5.41) is 7.95. The first kappa shape index (κ1) is 19.0. The Balaban J connectivity index is 1.73.